The van der Waals surface area contributed by atoms with Crippen LogP contribution in [0.4, 0.5) is 17.1 Å². The monoisotopic (exact) mass is 379 g/mol. The van der Waals surface area contributed by atoms with E-state index in [-0.39, 0.29) is 6.61 Å². The Kier molecular flexibility index (Phi) is 6.89. The quantitative estimate of drug-likeness (QED) is 0.536. The second-order valence-corrected chi connectivity index (χ2v) is 6.09. The molecule has 0 radical (unpaired) electrons. The first-order chi connectivity index (χ1) is 13.7. The van der Waals surface area contributed by atoms with Gasteiger partial charge in [0.2, 0.25) is 6.29 Å². The Morgan fingerprint density at radius 2 is 1.32 bits per heavy atom. The van der Waals surface area contributed by atoms with Crippen molar-refractivity contribution in [3.63, 3.8) is 0 Å². The number of ether oxygens (including phenoxy) is 3. The van der Waals surface area contributed by atoms with Crippen LogP contribution in [0.15, 0.2) is 78.9 Å². The average Bonchev–Trinajstić information content (AvgIpc) is 2.75. The van der Waals surface area contributed by atoms with Gasteiger partial charge in [0.25, 0.3) is 0 Å². The van der Waals surface area contributed by atoms with Crippen molar-refractivity contribution in [2.45, 2.75) is 13.2 Å². The minimum absolute atomic E-state index is 0.139. The zero-order valence-corrected chi connectivity index (χ0v) is 16.1. The Morgan fingerprint density at radius 1 is 0.786 bits per heavy atom. The second kappa shape index (κ2) is 9.78. The van der Waals surface area contributed by atoms with Crippen LogP contribution in [-0.4, -0.2) is 31.7 Å². The Bertz CT molecular complexity index is 835. The highest BCUT2D eigenvalue weighted by Gasteiger charge is 2.13. The van der Waals surface area contributed by atoms with Crippen molar-refractivity contribution in [1.82, 2.24) is 0 Å². The van der Waals surface area contributed by atoms with E-state index in [0.29, 0.717) is 12.4 Å². The minimum Gasteiger partial charge on any atom is -0.497 e. The lowest BCUT2D eigenvalue weighted by atomic mass is 10.2. The van der Waals surface area contributed by atoms with Gasteiger partial charge in [-0.3, -0.25) is 0 Å². The molecule has 28 heavy (non-hydrogen) atoms. The summed E-state index contributed by atoms with van der Waals surface area (Å²) in [6, 6.07) is 25.6. The lowest BCUT2D eigenvalue weighted by molar-refractivity contribution is -0.0749. The zero-order chi connectivity index (χ0) is 19.8. The standard InChI is InChI=1S/C23H25NO4/c1-3-27-17-23(25)28-22-15-11-20(12-16-22)24(18-7-5-4-6-8-18)19-9-13-21(26-2)14-10-19/h4-16,23,25H,3,17H2,1-2H3. The molecule has 0 heterocycles. The summed E-state index contributed by atoms with van der Waals surface area (Å²) < 4.78 is 15.9. The maximum absolute atomic E-state index is 9.85. The predicted octanol–water partition coefficient (Wildman–Crippen LogP) is 4.90. The molecule has 0 aliphatic rings. The molecule has 3 rings (SSSR count). The fraction of sp³-hybridized carbons (Fsp3) is 0.217. The van der Waals surface area contributed by atoms with Crippen molar-refractivity contribution >= 4 is 17.1 Å². The van der Waals surface area contributed by atoms with Gasteiger partial charge < -0.3 is 24.2 Å². The maximum Gasteiger partial charge on any atom is 0.221 e. The van der Waals surface area contributed by atoms with Crippen molar-refractivity contribution in [2.75, 3.05) is 25.2 Å². The molecule has 0 aliphatic carbocycles. The van der Waals surface area contributed by atoms with Crippen LogP contribution < -0.4 is 14.4 Å². The molecule has 0 fully saturated rings. The van der Waals surface area contributed by atoms with Gasteiger partial charge in [0.05, 0.1) is 7.11 Å². The van der Waals surface area contributed by atoms with Crippen LogP contribution in [0, 0.1) is 0 Å². The first-order valence-electron chi connectivity index (χ1n) is 9.23. The number of anilines is 3. The predicted molar refractivity (Wildman–Crippen MR) is 111 cm³/mol. The highest BCUT2D eigenvalue weighted by atomic mass is 16.6. The van der Waals surface area contributed by atoms with Crippen molar-refractivity contribution in [3.05, 3.63) is 78.9 Å². The zero-order valence-electron chi connectivity index (χ0n) is 16.1. The maximum atomic E-state index is 9.85. The summed E-state index contributed by atoms with van der Waals surface area (Å²) in [6.45, 7) is 2.55. The number of methoxy groups -OCH3 is 1. The summed E-state index contributed by atoms with van der Waals surface area (Å²) in [7, 11) is 1.66. The van der Waals surface area contributed by atoms with E-state index in [4.69, 9.17) is 14.2 Å². The van der Waals surface area contributed by atoms with Crippen LogP contribution in [0.3, 0.4) is 0 Å². The molecule has 0 saturated carbocycles. The summed E-state index contributed by atoms with van der Waals surface area (Å²) in [5, 5.41) is 9.85. The Hall–Kier alpha value is -3.02. The fourth-order valence-electron chi connectivity index (χ4n) is 2.84. The van der Waals surface area contributed by atoms with Crippen LogP contribution in [0.2, 0.25) is 0 Å². The fourth-order valence-corrected chi connectivity index (χ4v) is 2.84. The first kappa shape index (κ1) is 19.7. The van der Waals surface area contributed by atoms with Gasteiger partial charge in [0.15, 0.2) is 0 Å². The largest absolute Gasteiger partial charge is 0.497 e. The molecule has 0 saturated heterocycles. The molecule has 0 aliphatic heterocycles. The third-order valence-corrected chi connectivity index (χ3v) is 4.18. The van der Waals surface area contributed by atoms with Crippen molar-refractivity contribution < 1.29 is 19.3 Å². The number of aliphatic hydroxyl groups excluding tert-OH is 1. The van der Waals surface area contributed by atoms with Crippen molar-refractivity contribution in [2.24, 2.45) is 0 Å². The van der Waals surface area contributed by atoms with Crippen LogP contribution in [-0.2, 0) is 4.74 Å². The lowest BCUT2D eigenvalue weighted by Crippen LogP contribution is -2.22. The normalized spacial score (nSPS) is 11.7. The molecule has 146 valence electrons. The van der Waals surface area contributed by atoms with Gasteiger partial charge in [-0.15, -0.1) is 0 Å². The summed E-state index contributed by atoms with van der Waals surface area (Å²) in [5.74, 6) is 1.39. The summed E-state index contributed by atoms with van der Waals surface area (Å²) in [6.07, 6.45) is -0.988. The SMILES string of the molecule is CCOCC(O)Oc1ccc(N(c2ccccc2)c2ccc(OC)cc2)cc1. The molecule has 0 aromatic heterocycles. The third-order valence-electron chi connectivity index (χ3n) is 4.18. The lowest BCUT2D eigenvalue weighted by Gasteiger charge is -2.26. The molecular formula is C23H25NO4. The van der Waals surface area contributed by atoms with E-state index in [9.17, 15) is 5.11 Å². The molecule has 0 amide bonds. The van der Waals surface area contributed by atoms with E-state index in [0.717, 1.165) is 22.8 Å². The Morgan fingerprint density at radius 3 is 1.86 bits per heavy atom. The number of aliphatic hydroxyl groups is 1. The number of para-hydroxylation sites is 1. The van der Waals surface area contributed by atoms with Gasteiger partial charge in [-0.2, -0.15) is 0 Å². The van der Waals surface area contributed by atoms with E-state index in [1.807, 2.05) is 73.7 Å². The average molecular weight is 379 g/mol. The van der Waals surface area contributed by atoms with E-state index < -0.39 is 6.29 Å². The molecular weight excluding hydrogens is 354 g/mol. The van der Waals surface area contributed by atoms with Crippen LogP contribution >= 0.6 is 0 Å². The van der Waals surface area contributed by atoms with E-state index in [2.05, 4.69) is 17.0 Å². The Balaban J connectivity index is 1.86. The number of hydrogen-bond acceptors (Lipinski definition) is 5. The number of rotatable bonds is 9. The van der Waals surface area contributed by atoms with Crippen LogP contribution in [0.5, 0.6) is 11.5 Å². The van der Waals surface area contributed by atoms with Crippen LogP contribution in [0.25, 0.3) is 0 Å². The van der Waals surface area contributed by atoms with Gasteiger partial charge in [-0.05, 0) is 67.6 Å². The highest BCUT2D eigenvalue weighted by Crippen LogP contribution is 2.35. The van der Waals surface area contributed by atoms with Gasteiger partial charge in [-0.1, -0.05) is 18.2 Å². The number of hydrogen-bond donors (Lipinski definition) is 1. The molecule has 1 N–H and O–H groups in total. The highest BCUT2D eigenvalue weighted by molar-refractivity contribution is 5.76. The smallest absolute Gasteiger partial charge is 0.221 e. The molecule has 3 aromatic carbocycles. The van der Waals surface area contributed by atoms with E-state index in [1.54, 1.807) is 7.11 Å². The summed E-state index contributed by atoms with van der Waals surface area (Å²) in [4.78, 5) is 2.14. The van der Waals surface area contributed by atoms with Crippen molar-refractivity contribution in [3.8, 4) is 11.5 Å². The molecule has 0 bridgehead atoms. The van der Waals surface area contributed by atoms with Gasteiger partial charge in [0.1, 0.15) is 18.1 Å². The first-order valence-corrected chi connectivity index (χ1v) is 9.23. The van der Waals surface area contributed by atoms with E-state index >= 15 is 0 Å². The van der Waals surface area contributed by atoms with Gasteiger partial charge in [-0.25, -0.2) is 0 Å². The third kappa shape index (κ3) is 5.03. The van der Waals surface area contributed by atoms with Gasteiger partial charge in [0, 0.05) is 23.7 Å². The van der Waals surface area contributed by atoms with Gasteiger partial charge >= 0.3 is 0 Å². The number of nitrogens with zero attached hydrogens (tertiary/aromatic N) is 1. The molecule has 3 aromatic rings. The second-order valence-electron chi connectivity index (χ2n) is 6.09. The van der Waals surface area contributed by atoms with Crippen molar-refractivity contribution in [1.29, 1.82) is 0 Å². The van der Waals surface area contributed by atoms with Crippen LogP contribution in [0.1, 0.15) is 6.92 Å². The Labute approximate surface area is 165 Å². The molecule has 0 spiro atoms. The summed E-state index contributed by atoms with van der Waals surface area (Å²) in [5.41, 5.74) is 3.03. The molecule has 1 atom stereocenters. The minimum atomic E-state index is -0.988. The molecule has 5 nitrogen and oxygen atoms in total. The molecule has 5 heteroatoms. The molecule has 1 unspecified atom stereocenters. The topological polar surface area (TPSA) is 51.2 Å². The number of benzene rings is 3. The summed E-state index contributed by atoms with van der Waals surface area (Å²) >= 11 is 0. The van der Waals surface area contributed by atoms with E-state index in [1.165, 1.54) is 0 Å².